The predicted octanol–water partition coefficient (Wildman–Crippen LogP) is 0.309. The van der Waals surface area contributed by atoms with E-state index in [1.165, 1.54) is 12.1 Å². The number of hydrogen-bond acceptors (Lipinski definition) is 7. The molecule has 1 aliphatic heterocycles. The van der Waals surface area contributed by atoms with Crippen molar-refractivity contribution < 1.29 is 29.2 Å². The lowest BCUT2D eigenvalue weighted by Gasteiger charge is -2.36. The van der Waals surface area contributed by atoms with Gasteiger partial charge in [0.05, 0.1) is 18.8 Å². The molecule has 2 heterocycles. The first-order valence-electron chi connectivity index (χ1n) is 7.31. The number of aliphatic hydroxyl groups is 3. The van der Waals surface area contributed by atoms with Crippen LogP contribution in [-0.4, -0.2) is 46.5 Å². The van der Waals surface area contributed by atoms with Crippen LogP contribution >= 0.6 is 0 Å². The fraction of sp³-hybridized carbons (Fsp3) is 0.438. The monoisotopic (exact) mass is 322 g/mol. The van der Waals surface area contributed by atoms with Crippen molar-refractivity contribution in [2.75, 3.05) is 6.61 Å². The zero-order chi connectivity index (χ0) is 16.6. The van der Waals surface area contributed by atoms with Gasteiger partial charge in [-0.25, -0.2) is 4.79 Å². The summed E-state index contributed by atoms with van der Waals surface area (Å²) in [5, 5.41) is 29.7. The molecule has 0 saturated carbocycles. The second-order valence-corrected chi connectivity index (χ2v) is 5.63. The van der Waals surface area contributed by atoms with Crippen LogP contribution in [0.15, 0.2) is 33.5 Å². The van der Waals surface area contributed by atoms with Crippen molar-refractivity contribution in [3.05, 3.63) is 40.2 Å². The normalized spacial score (nSPS) is 28.0. The lowest BCUT2D eigenvalue weighted by Crippen LogP contribution is -2.51. The van der Waals surface area contributed by atoms with E-state index in [4.69, 9.17) is 19.0 Å². The maximum Gasteiger partial charge on any atom is 0.336 e. The summed E-state index contributed by atoms with van der Waals surface area (Å²) in [6.07, 6.45) is -3.89. The summed E-state index contributed by atoms with van der Waals surface area (Å²) in [4.78, 5) is 11.4. The Morgan fingerprint density at radius 2 is 2.09 bits per heavy atom. The van der Waals surface area contributed by atoms with Crippen LogP contribution in [0.5, 0.6) is 5.75 Å². The van der Waals surface area contributed by atoms with E-state index < -0.39 is 30.2 Å². The molecule has 0 aliphatic carbocycles. The molecule has 1 fully saturated rings. The Morgan fingerprint density at radius 1 is 1.30 bits per heavy atom. The van der Waals surface area contributed by atoms with Crippen molar-refractivity contribution in [3.63, 3.8) is 0 Å². The van der Waals surface area contributed by atoms with E-state index >= 15 is 0 Å². The van der Waals surface area contributed by atoms with Crippen LogP contribution in [0, 0.1) is 6.92 Å². The molecule has 3 unspecified atom stereocenters. The molecular weight excluding hydrogens is 304 g/mol. The number of aryl methyl sites for hydroxylation is 1. The minimum absolute atomic E-state index is 0.128. The van der Waals surface area contributed by atoms with Gasteiger partial charge in [0, 0.05) is 23.9 Å². The summed E-state index contributed by atoms with van der Waals surface area (Å²) in [5.41, 5.74) is 0.682. The number of aliphatic hydroxyl groups excluding tert-OH is 3. The van der Waals surface area contributed by atoms with Crippen LogP contribution in [0.2, 0.25) is 0 Å². The summed E-state index contributed by atoms with van der Waals surface area (Å²) in [5.74, 6) is 0.320. The van der Waals surface area contributed by atoms with Crippen LogP contribution in [0.3, 0.4) is 0 Å². The van der Waals surface area contributed by atoms with Gasteiger partial charge < -0.3 is 29.2 Å². The molecule has 3 rings (SSSR count). The van der Waals surface area contributed by atoms with Gasteiger partial charge in [-0.15, -0.1) is 0 Å². The Kier molecular flexibility index (Phi) is 4.36. The third-order valence-electron chi connectivity index (χ3n) is 3.88. The summed E-state index contributed by atoms with van der Waals surface area (Å²) in [6, 6.07) is 6.31. The van der Waals surface area contributed by atoms with Gasteiger partial charge in [0.15, 0.2) is 0 Å². The van der Waals surface area contributed by atoms with Crippen molar-refractivity contribution in [1.29, 1.82) is 0 Å². The fourth-order valence-corrected chi connectivity index (χ4v) is 2.64. The molecule has 7 nitrogen and oxygen atoms in total. The van der Waals surface area contributed by atoms with Crippen molar-refractivity contribution in [2.45, 2.75) is 37.9 Å². The molecular formula is C16H18O7. The van der Waals surface area contributed by atoms with E-state index in [-0.39, 0.29) is 13.0 Å². The molecule has 3 N–H and O–H groups in total. The maximum atomic E-state index is 11.4. The summed E-state index contributed by atoms with van der Waals surface area (Å²) >= 11 is 0. The second kappa shape index (κ2) is 6.29. The van der Waals surface area contributed by atoms with Crippen LogP contribution in [0.25, 0.3) is 11.0 Å². The Hall–Kier alpha value is -1.93. The van der Waals surface area contributed by atoms with Crippen LogP contribution in [0.4, 0.5) is 0 Å². The van der Waals surface area contributed by atoms with Gasteiger partial charge in [0.2, 0.25) is 6.29 Å². The zero-order valence-corrected chi connectivity index (χ0v) is 12.5. The van der Waals surface area contributed by atoms with Crippen molar-refractivity contribution in [3.8, 4) is 5.75 Å². The van der Waals surface area contributed by atoms with Crippen LogP contribution in [0.1, 0.15) is 12.0 Å². The summed E-state index contributed by atoms with van der Waals surface area (Å²) < 4.78 is 16.1. The highest BCUT2D eigenvalue weighted by atomic mass is 16.7. The van der Waals surface area contributed by atoms with E-state index in [1.807, 2.05) is 0 Å². The first-order chi connectivity index (χ1) is 11.0. The molecule has 4 atom stereocenters. The highest BCUT2D eigenvalue weighted by Gasteiger charge is 2.38. The second-order valence-electron chi connectivity index (χ2n) is 5.63. The fourth-order valence-electron chi connectivity index (χ4n) is 2.64. The van der Waals surface area contributed by atoms with Crippen molar-refractivity contribution in [2.24, 2.45) is 0 Å². The molecule has 1 aliphatic rings. The molecule has 124 valence electrons. The Labute approximate surface area is 131 Å². The lowest BCUT2D eigenvalue weighted by molar-refractivity contribution is -0.240. The van der Waals surface area contributed by atoms with E-state index in [0.29, 0.717) is 11.3 Å². The zero-order valence-electron chi connectivity index (χ0n) is 12.5. The van der Waals surface area contributed by atoms with Gasteiger partial charge in [0.25, 0.3) is 0 Å². The lowest BCUT2D eigenvalue weighted by atomic mass is 10.0. The van der Waals surface area contributed by atoms with Crippen LogP contribution < -0.4 is 10.4 Å². The Morgan fingerprint density at radius 3 is 2.83 bits per heavy atom. The van der Waals surface area contributed by atoms with Gasteiger partial charge in [-0.2, -0.15) is 0 Å². The molecule has 1 saturated heterocycles. The minimum atomic E-state index is -1.24. The highest BCUT2D eigenvalue weighted by Crippen LogP contribution is 2.27. The van der Waals surface area contributed by atoms with Crippen molar-refractivity contribution in [1.82, 2.24) is 0 Å². The molecule has 23 heavy (non-hydrogen) atoms. The molecule has 1 aromatic carbocycles. The van der Waals surface area contributed by atoms with E-state index in [2.05, 4.69) is 0 Å². The average Bonchev–Trinajstić information content (AvgIpc) is 2.51. The van der Waals surface area contributed by atoms with E-state index in [1.54, 1.807) is 19.1 Å². The van der Waals surface area contributed by atoms with E-state index in [0.717, 1.165) is 10.9 Å². The van der Waals surface area contributed by atoms with Gasteiger partial charge in [0.1, 0.15) is 17.4 Å². The van der Waals surface area contributed by atoms with Crippen LogP contribution in [-0.2, 0) is 4.74 Å². The molecule has 0 spiro atoms. The van der Waals surface area contributed by atoms with Gasteiger partial charge in [-0.3, -0.25) is 0 Å². The first-order valence-corrected chi connectivity index (χ1v) is 7.31. The molecule has 2 aromatic rings. The van der Waals surface area contributed by atoms with Gasteiger partial charge >= 0.3 is 5.63 Å². The summed E-state index contributed by atoms with van der Waals surface area (Å²) in [7, 11) is 0. The third kappa shape index (κ3) is 3.23. The van der Waals surface area contributed by atoms with Gasteiger partial charge in [-0.1, -0.05) is 0 Å². The minimum Gasteiger partial charge on any atom is -0.462 e. The number of hydrogen-bond donors (Lipinski definition) is 3. The standard InChI is InChI=1S/C16H18O7/c1-8-4-14(19)23-13-6-9(2-3-11(8)13)21-16-15(20)12(18)5-10(7-17)22-16/h2-4,6,10,12,15-18,20H,5,7H2,1H3/t10?,12?,15?,16-/m0/s1. The average molecular weight is 322 g/mol. The molecule has 0 amide bonds. The summed E-state index contributed by atoms with van der Waals surface area (Å²) in [6.45, 7) is 1.52. The maximum absolute atomic E-state index is 11.4. The Balaban J connectivity index is 1.87. The van der Waals surface area contributed by atoms with E-state index in [9.17, 15) is 15.0 Å². The SMILES string of the molecule is Cc1cc(=O)oc2cc(O[C@H]3OC(CO)CC(O)C3O)ccc12. The number of benzene rings is 1. The third-order valence-corrected chi connectivity index (χ3v) is 3.88. The van der Waals surface area contributed by atoms with Gasteiger partial charge in [-0.05, 0) is 24.6 Å². The number of rotatable bonds is 3. The largest absolute Gasteiger partial charge is 0.462 e. The first kappa shape index (κ1) is 15.9. The molecule has 0 radical (unpaired) electrons. The predicted molar refractivity (Wildman–Crippen MR) is 80.2 cm³/mol. The number of fused-ring (bicyclic) bond motifs is 1. The molecule has 1 aromatic heterocycles. The number of ether oxygens (including phenoxy) is 2. The molecule has 0 bridgehead atoms. The van der Waals surface area contributed by atoms with Crippen molar-refractivity contribution >= 4 is 11.0 Å². The highest BCUT2D eigenvalue weighted by molar-refractivity contribution is 5.81. The molecule has 7 heteroatoms. The smallest absolute Gasteiger partial charge is 0.336 e. The quantitative estimate of drug-likeness (QED) is 0.698. The topological polar surface area (TPSA) is 109 Å². The Bertz CT molecular complexity index is 754.